The van der Waals surface area contributed by atoms with Gasteiger partial charge in [0.15, 0.2) is 0 Å². The van der Waals surface area contributed by atoms with E-state index in [1.807, 2.05) is 0 Å². The minimum Gasteiger partial charge on any atom is -0.478 e. The van der Waals surface area contributed by atoms with E-state index in [1.165, 1.54) is 33.4 Å². The van der Waals surface area contributed by atoms with E-state index in [0.717, 1.165) is 34.2 Å². The van der Waals surface area contributed by atoms with Crippen LogP contribution in [0.1, 0.15) is 74.9 Å². The Bertz CT molecular complexity index is 1520. The summed E-state index contributed by atoms with van der Waals surface area (Å²) < 4.78 is 19.0. The van der Waals surface area contributed by atoms with Gasteiger partial charge >= 0.3 is 8.88 Å². The average molecular weight is 563 g/mol. The number of hydrogen-bond acceptors (Lipinski definition) is 4. The largest absolute Gasteiger partial charge is 0.733 e. The van der Waals surface area contributed by atoms with Crippen LogP contribution in [0.3, 0.4) is 0 Å². The van der Waals surface area contributed by atoms with Gasteiger partial charge in [-0.05, 0) is 120 Å². The monoisotopic (exact) mass is 562 g/mol. The summed E-state index contributed by atoms with van der Waals surface area (Å²) in [5.74, 6) is 1.74. The number of fused-ring (bicyclic) bond motifs is 2. The maximum absolute atomic E-state index is 7.15. The molecule has 0 atom stereocenters. The molecule has 2 heterocycles. The summed E-state index contributed by atoms with van der Waals surface area (Å²) in [7, 11) is -3.37. The third kappa shape index (κ3) is 4.42. The van der Waals surface area contributed by atoms with Crippen LogP contribution < -0.4 is 18.0 Å². The first-order valence-electron chi connectivity index (χ1n) is 14.6. The molecule has 2 aliphatic heterocycles. The first-order valence-corrected chi connectivity index (χ1v) is 16.3. The van der Waals surface area contributed by atoms with E-state index in [0.29, 0.717) is 0 Å². The summed E-state index contributed by atoms with van der Waals surface area (Å²) in [5, 5.41) is 0. The topological polar surface area (TPSA) is 24.9 Å². The molecule has 0 amide bonds. The smallest absolute Gasteiger partial charge is 0.478 e. The van der Waals surface area contributed by atoms with E-state index >= 15 is 0 Å². The van der Waals surface area contributed by atoms with Crippen molar-refractivity contribution in [2.24, 2.45) is 0 Å². The third-order valence-electron chi connectivity index (χ3n) is 8.67. The second-order valence-corrected chi connectivity index (χ2v) is 16.2. The molecular formula is C36H42N2O2Si. The maximum atomic E-state index is 7.15. The van der Waals surface area contributed by atoms with E-state index in [1.54, 1.807) is 0 Å². The van der Waals surface area contributed by atoms with Gasteiger partial charge < -0.3 is 8.85 Å². The zero-order chi connectivity index (χ0) is 29.5. The van der Waals surface area contributed by atoms with Gasteiger partial charge in [0, 0.05) is 11.4 Å². The zero-order valence-electron chi connectivity index (χ0n) is 26.1. The highest BCUT2D eigenvalue weighted by atomic mass is 28.4. The zero-order valence-corrected chi connectivity index (χ0v) is 27.1. The van der Waals surface area contributed by atoms with Crippen molar-refractivity contribution >= 4 is 31.6 Å². The Morgan fingerprint density at radius 2 is 0.805 bits per heavy atom. The van der Waals surface area contributed by atoms with Gasteiger partial charge in [-0.3, -0.25) is 9.13 Å². The Morgan fingerprint density at radius 1 is 0.488 bits per heavy atom. The van der Waals surface area contributed by atoms with Gasteiger partial charge in [0.1, 0.15) is 11.5 Å². The van der Waals surface area contributed by atoms with Crippen LogP contribution >= 0.6 is 0 Å². The van der Waals surface area contributed by atoms with E-state index in [9.17, 15) is 0 Å². The van der Waals surface area contributed by atoms with E-state index in [2.05, 4.69) is 151 Å². The highest BCUT2D eigenvalue weighted by Crippen LogP contribution is 2.55. The van der Waals surface area contributed by atoms with Crippen LogP contribution in [-0.4, -0.2) is 8.88 Å². The second-order valence-electron chi connectivity index (χ2n) is 13.8. The molecule has 0 fully saturated rings. The predicted octanol–water partition coefficient (Wildman–Crippen LogP) is 9.71. The van der Waals surface area contributed by atoms with Crippen LogP contribution in [-0.2, 0) is 10.8 Å². The van der Waals surface area contributed by atoms with Crippen LogP contribution in [0, 0.1) is 27.7 Å². The van der Waals surface area contributed by atoms with Crippen LogP contribution in [0.2, 0.25) is 0 Å². The van der Waals surface area contributed by atoms with E-state index in [-0.39, 0.29) is 10.8 Å². The summed E-state index contributed by atoms with van der Waals surface area (Å²) in [6.45, 7) is 22.2. The van der Waals surface area contributed by atoms with Gasteiger partial charge in [-0.25, -0.2) is 0 Å². The lowest BCUT2D eigenvalue weighted by Crippen LogP contribution is -2.67. The molecule has 0 unspecified atom stereocenters. The molecule has 0 saturated heterocycles. The third-order valence-corrected chi connectivity index (χ3v) is 11.8. The fourth-order valence-electron chi connectivity index (χ4n) is 5.78. The van der Waals surface area contributed by atoms with Crippen LogP contribution in [0.5, 0.6) is 11.5 Å². The number of hydrogen-bond donors (Lipinski definition) is 0. The summed E-state index contributed by atoms with van der Waals surface area (Å²) in [6, 6.07) is 26.8. The number of anilines is 4. The van der Waals surface area contributed by atoms with Crippen LogP contribution in [0.25, 0.3) is 0 Å². The van der Waals surface area contributed by atoms with Gasteiger partial charge in [-0.15, -0.1) is 0 Å². The minimum atomic E-state index is -3.37. The Labute approximate surface area is 247 Å². The van der Waals surface area contributed by atoms with Crippen molar-refractivity contribution in [3.63, 3.8) is 0 Å². The van der Waals surface area contributed by atoms with Crippen molar-refractivity contribution in [3.05, 3.63) is 106 Å². The molecule has 4 aromatic carbocycles. The lowest BCUT2D eigenvalue weighted by atomic mass is 9.87. The summed E-state index contributed by atoms with van der Waals surface area (Å²) >= 11 is 0. The average Bonchev–Trinajstić information content (AvgIpc) is 3.36. The molecule has 0 bridgehead atoms. The lowest BCUT2D eigenvalue weighted by Gasteiger charge is -2.36. The Kier molecular flexibility index (Phi) is 6.13. The van der Waals surface area contributed by atoms with E-state index < -0.39 is 8.88 Å². The summed E-state index contributed by atoms with van der Waals surface area (Å²) in [4.78, 5) is 0. The minimum absolute atomic E-state index is 0.0662. The molecule has 1 spiro atoms. The fraction of sp³-hybridized carbons (Fsp3) is 0.333. The highest BCUT2D eigenvalue weighted by molar-refractivity contribution is 6.81. The molecule has 6 rings (SSSR count). The molecule has 0 saturated carbocycles. The Hall–Kier alpha value is -3.70. The van der Waals surface area contributed by atoms with E-state index in [4.69, 9.17) is 8.85 Å². The molecule has 4 aromatic rings. The van der Waals surface area contributed by atoms with Crippen molar-refractivity contribution in [3.8, 4) is 11.5 Å². The summed E-state index contributed by atoms with van der Waals surface area (Å²) in [5.41, 5.74) is 11.9. The Balaban J connectivity index is 1.60. The van der Waals surface area contributed by atoms with Gasteiger partial charge in [0.25, 0.3) is 0 Å². The lowest BCUT2D eigenvalue weighted by molar-refractivity contribution is 0.413. The van der Waals surface area contributed by atoms with Gasteiger partial charge in [-0.2, -0.15) is 0 Å². The molecule has 41 heavy (non-hydrogen) atoms. The van der Waals surface area contributed by atoms with Crippen LogP contribution in [0.4, 0.5) is 22.7 Å². The fourth-order valence-corrected chi connectivity index (χ4v) is 9.20. The van der Waals surface area contributed by atoms with Crippen molar-refractivity contribution in [1.29, 1.82) is 0 Å². The number of benzene rings is 4. The Morgan fingerprint density at radius 3 is 1.12 bits per heavy atom. The SMILES string of the molecule is Cc1cc2c(cc1C)N(c1ccc(C(C)(C)C)cc1)[Si]1(O2)Oc2cc(C)c(C)cc2N1c1ccc(C(C)(C)C)cc1. The molecule has 0 aromatic heterocycles. The van der Waals surface area contributed by atoms with Crippen molar-refractivity contribution in [1.82, 2.24) is 0 Å². The van der Waals surface area contributed by atoms with Gasteiger partial charge in [0.05, 0.1) is 11.4 Å². The normalized spacial score (nSPS) is 15.6. The maximum Gasteiger partial charge on any atom is 0.733 e. The molecule has 2 aliphatic rings. The van der Waals surface area contributed by atoms with Crippen molar-refractivity contribution in [2.75, 3.05) is 9.13 Å². The number of aryl methyl sites for hydroxylation is 4. The molecule has 4 nitrogen and oxygen atoms in total. The first kappa shape index (κ1) is 27.5. The van der Waals surface area contributed by atoms with Crippen LogP contribution in [0.15, 0.2) is 72.8 Å². The molecule has 0 N–H and O–H groups in total. The first-order chi connectivity index (χ1) is 19.2. The van der Waals surface area contributed by atoms with Gasteiger partial charge in [0.2, 0.25) is 0 Å². The summed E-state index contributed by atoms with van der Waals surface area (Å²) in [6.07, 6.45) is 0. The molecule has 0 radical (unpaired) electrons. The molecule has 0 aliphatic carbocycles. The number of rotatable bonds is 2. The standard InChI is InChI=1S/C36H42N2O2Si/c1-23-19-31-33(21-25(23)3)39-41(37(31)29-15-11-27(12-16-29)35(5,6)7)38(30-17-13-28(14-18-30)36(8,9)10)32-20-24(2)26(4)22-34(32)40-41/h11-22H,1-10H3. The highest BCUT2D eigenvalue weighted by Gasteiger charge is 2.68. The van der Waals surface area contributed by atoms with Crippen molar-refractivity contribution in [2.45, 2.75) is 80.1 Å². The molecule has 212 valence electrons. The molecular weight excluding hydrogens is 520 g/mol. The van der Waals surface area contributed by atoms with Gasteiger partial charge in [-0.1, -0.05) is 65.8 Å². The quantitative estimate of drug-likeness (QED) is 0.227. The molecule has 5 heteroatoms. The van der Waals surface area contributed by atoms with Crippen molar-refractivity contribution < 1.29 is 8.85 Å². The number of nitrogens with zero attached hydrogens (tertiary/aromatic N) is 2. The second kappa shape index (κ2) is 9.15. The predicted molar refractivity (Wildman–Crippen MR) is 173 cm³/mol.